The number of thioether (sulfide) groups is 1. The van der Waals surface area contributed by atoms with E-state index in [1.165, 1.54) is 0 Å². The molecule has 0 spiro atoms. The van der Waals surface area contributed by atoms with Crippen LogP contribution in [0.2, 0.25) is 0 Å². The van der Waals surface area contributed by atoms with Crippen LogP contribution < -0.4 is 0 Å². The molecule has 0 atom stereocenters. The number of benzene rings is 2. The number of aliphatic hydroxyl groups is 1. The van der Waals surface area contributed by atoms with Gasteiger partial charge in [-0.15, -0.1) is 11.8 Å². The van der Waals surface area contributed by atoms with E-state index in [2.05, 4.69) is 6.92 Å². The molecule has 0 aromatic heterocycles. The lowest BCUT2D eigenvalue weighted by molar-refractivity contribution is 0.0580. The highest BCUT2D eigenvalue weighted by Crippen LogP contribution is 2.36. The van der Waals surface area contributed by atoms with E-state index in [0.29, 0.717) is 11.1 Å². The second kappa shape index (κ2) is 6.10. The third-order valence-electron chi connectivity index (χ3n) is 3.74. The van der Waals surface area contributed by atoms with Crippen LogP contribution in [0.3, 0.4) is 0 Å². The van der Waals surface area contributed by atoms with E-state index in [-0.39, 0.29) is 25.0 Å². The second-order valence-corrected chi connectivity index (χ2v) is 6.31. The molecule has 0 saturated heterocycles. The molecule has 5 heteroatoms. The molecule has 0 bridgehead atoms. The largest absolute Gasteiger partial charge is 0.395 e. The van der Waals surface area contributed by atoms with Gasteiger partial charge >= 0.3 is 0 Å². The van der Waals surface area contributed by atoms with Crippen molar-refractivity contribution in [2.75, 3.05) is 18.9 Å². The predicted molar refractivity (Wildman–Crippen MR) is 87.4 cm³/mol. The zero-order chi connectivity index (χ0) is 15.7. The average Bonchev–Trinajstić information content (AvgIpc) is 2.54. The molecule has 0 saturated carbocycles. The Kier molecular flexibility index (Phi) is 4.18. The van der Waals surface area contributed by atoms with E-state index >= 15 is 0 Å². The molecule has 0 radical (unpaired) electrons. The average molecular weight is 315 g/mol. The molecular formula is C17H17NO3S. The summed E-state index contributed by atoms with van der Waals surface area (Å²) in [6.07, 6.45) is 1.07. The van der Waals surface area contributed by atoms with Crippen LogP contribution in [-0.2, 0) is 0 Å². The molecular weight excluding hydrogens is 298 g/mol. The van der Waals surface area contributed by atoms with Crippen molar-refractivity contribution in [1.82, 2.24) is 4.90 Å². The van der Waals surface area contributed by atoms with Gasteiger partial charge in [0.25, 0.3) is 11.8 Å². The summed E-state index contributed by atoms with van der Waals surface area (Å²) in [6.45, 7) is 1.92. The number of hydrogen-bond donors (Lipinski definition) is 1. The van der Waals surface area contributed by atoms with E-state index in [9.17, 15) is 9.59 Å². The smallest absolute Gasteiger partial charge is 0.261 e. The number of carbonyl (C=O) groups is 2. The highest BCUT2D eigenvalue weighted by molar-refractivity contribution is 7.99. The summed E-state index contributed by atoms with van der Waals surface area (Å²) in [6, 6.07) is 9.31. The minimum atomic E-state index is -0.324. The van der Waals surface area contributed by atoms with Gasteiger partial charge in [-0.2, -0.15) is 0 Å². The first kappa shape index (κ1) is 15.1. The van der Waals surface area contributed by atoms with Gasteiger partial charge in [0.05, 0.1) is 13.2 Å². The Morgan fingerprint density at radius 2 is 1.82 bits per heavy atom. The van der Waals surface area contributed by atoms with Crippen LogP contribution >= 0.6 is 11.8 Å². The molecule has 1 aliphatic heterocycles. The van der Waals surface area contributed by atoms with Crippen LogP contribution in [-0.4, -0.2) is 40.7 Å². The Morgan fingerprint density at radius 1 is 1.09 bits per heavy atom. The first-order valence-corrected chi connectivity index (χ1v) is 8.33. The Bertz CT molecular complexity index is 735. The minimum absolute atomic E-state index is 0.0276. The number of aliphatic hydroxyl groups excluding tert-OH is 1. The van der Waals surface area contributed by atoms with Crippen LogP contribution in [0.5, 0.6) is 0 Å². The molecule has 1 N–H and O–H groups in total. The van der Waals surface area contributed by atoms with Gasteiger partial charge in [-0.3, -0.25) is 14.5 Å². The summed E-state index contributed by atoms with van der Waals surface area (Å²) in [5, 5.41) is 10.8. The van der Waals surface area contributed by atoms with Gasteiger partial charge in [0.1, 0.15) is 0 Å². The lowest BCUT2D eigenvalue weighted by Gasteiger charge is -2.27. The number of rotatable bonds is 5. The van der Waals surface area contributed by atoms with Crippen molar-refractivity contribution < 1.29 is 14.7 Å². The molecule has 114 valence electrons. The zero-order valence-electron chi connectivity index (χ0n) is 12.3. The number of nitrogens with zero attached hydrogens (tertiary/aromatic N) is 1. The maximum Gasteiger partial charge on any atom is 0.261 e. The standard InChI is InChI=1S/C17H17NO3S/c1-2-10-22-14-7-6-13-15-11(14)4-3-5-12(15)16(20)18(8-9-19)17(13)21/h3-7,19H,2,8-10H2,1H3. The lowest BCUT2D eigenvalue weighted by Crippen LogP contribution is -2.41. The molecule has 3 rings (SSSR count). The summed E-state index contributed by atoms with van der Waals surface area (Å²) in [7, 11) is 0. The molecule has 0 unspecified atom stereocenters. The summed E-state index contributed by atoms with van der Waals surface area (Å²) in [4.78, 5) is 27.2. The third-order valence-corrected chi connectivity index (χ3v) is 5.02. The fraction of sp³-hybridized carbons (Fsp3) is 0.294. The second-order valence-electron chi connectivity index (χ2n) is 5.17. The first-order valence-electron chi connectivity index (χ1n) is 7.34. The van der Waals surface area contributed by atoms with Gasteiger partial charge in [0.2, 0.25) is 0 Å². The van der Waals surface area contributed by atoms with E-state index in [4.69, 9.17) is 5.11 Å². The highest BCUT2D eigenvalue weighted by atomic mass is 32.2. The highest BCUT2D eigenvalue weighted by Gasteiger charge is 2.32. The van der Waals surface area contributed by atoms with E-state index in [1.54, 1.807) is 23.9 Å². The first-order chi connectivity index (χ1) is 10.7. The summed E-state index contributed by atoms with van der Waals surface area (Å²) < 4.78 is 0. The molecule has 1 aliphatic rings. The fourth-order valence-corrected chi connectivity index (χ4v) is 3.67. The Morgan fingerprint density at radius 3 is 2.50 bits per heavy atom. The Labute approximate surface area is 133 Å². The maximum atomic E-state index is 12.5. The van der Waals surface area contributed by atoms with Gasteiger partial charge in [-0.1, -0.05) is 19.1 Å². The van der Waals surface area contributed by atoms with E-state index < -0.39 is 0 Å². The van der Waals surface area contributed by atoms with Gasteiger partial charge in [0.15, 0.2) is 0 Å². The SMILES string of the molecule is CCCSc1ccc2c3c(cccc13)C(=O)N(CCO)C2=O. The van der Waals surface area contributed by atoms with Crippen LogP contribution in [0.1, 0.15) is 34.1 Å². The van der Waals surface area contributed by atoms with Crippen molar-refractivity contribution in [3.63, 3.8) is 0 Å². The predicted octanol–water partition coefficient (Wildman–Crippen LogP) is 2.93. The van der Waals surface area contributed by atoms with Crippen LogP contribution in [0.15, 0.2) is 35.2 Å². The third kappa shape index (κ3) is 2.30. The van der Waals surface area contributed by atoms with E-state index in [1.807, 2.05) is 18.2 Å². The van der Waals surface area contributed by atoms with Crippen molar-refractivity contribution in [2.45, 2.75) is 18.2 Å². The Hall–Kier alpha value is -1.85. The molecule has 0 fully saturated rings. The van der Waals surface area contributed by atoms with Crippen molar-refractivity contribution in [2.24, 2.45) is 0 Å². The zero-order valence-corrected chi connectivity index (χ0v) is 13.2. The molecule has 2 aromatic carbocycles. The Balaban J connectivity index is 2.20. The van der Waals surface area contributed by atoms with Crippen molar-refractivity contribution in [1.29, 1.82) is 0 Å². The molecule has 22 heavy (non-hydrogen) atoms. The van der Waals surface area contributed by atoms with Crippen LogP contribution in [0.25, 0.3) is 10.8 Å². The summed E-state index contributed by atoms with van der Waals surface area (Å²) in [5.74, 6) is 0.349. The van der Waals surface area contributed by atoms with Gasteiger partial charge in [0, 0.05) is 21.4 Å². The van der Waals surface area contributed by atoms with E-state index in [0.717, 1.165) is 32.7 Å². The van der Waals surface area contributed by atoms with Crippen molar-refractivity contribution in [3.05, 3.63) is 41.5 Å². The number of amides is 2. The molecule has 4 nitrogen and oxygen atoms in total. The monoisotopic (exact) mass is 315 g/mol. The summed E-state index contributed by atoms with van der Waals surface area (Å²) >= 11 is 1.74. The topological polar surface area (TPSA) is 57.6 Å². The number of imide groups is 1. The number of β-amino-alcohol motifs (C(OH)–C–C–N with tert-alkyl or cyclic N) is 1. The maximum absolute atomic E-state index is 12.5. The van der Waals surface area contributed by atoms with Gasteiger partial charge in [-0.05, 0) is 35.8 Å². The van der Waals surface area contributed by atoms with Crippen LogP contribution in [0.4, 0.5) is 0 Å². The minimum Gasteiger partial charge on any atom is -0.395 e. The van der Waals surface area contributed by atoms with Crippen molar-refractivity contribution >= 4 is 34.3 Å². The molecule has 2 aromatic rings. The van der Waals surface area contributed by atoms with Gasteiger partial charge in [-0.25, -0.2) is 0 Å². The molecule has 0 aliphatic carbocycles. The number of carbonyl (C=O) groups excluding carboxylic acids is 2. The fourth-order valence-electron chi connectivity index (χ4n) is 2.76. The molecule has 2 amide bonds. The lowest BCUT2D eigenvalue weighted by atomic mass is 9.94. The van der Waals surface area contributed by atoms with Crippen LogP contribution in [0, 0.1) is 0 Å². The normalized spacial score (nSPS) is 14.0. The molecule has 1 heterocycles. The summed E-state index contributed by atoms with van der Waals surface area (Å²) in [5.41, 5.74) is 1.08. The van der Waals surface area contributed by atoms with Gasteiger partial charge < -0.3 is 5.11 Å². The number of hydrogen-bond acceptors (Lipinski definition) is 4. The quantitative estimate of drug-likeness (QED) is 0.681. The van der Waals surface area contributed by atoms with Crippen molar-refractivity contribution in [3.8, 4) is 0 Å².